The number of alkyl halides is 2. The van der Waals surface area contributed by atoms with Gasteiger partial charge in [-0.1, -0.05) is 26.2 Å². The fourth-order valence-corrected chi connectivity index (χ4v) is 1.05. The molecule has 2 nitrogen and oxygen atoms in total. The second-order valence-electron chi connectivity index (χ2n) is 2.88. The average molecular weight is 227 g/mol. The van der Waals surface area contributed by atoms with Gasteiger partial charge in [0, 0.05) is 6.42 Å². The van der Waals surface area contributed by atoms with Crippen LogP contribution in [0.1, 0.15) is 39.0 Å². The Hall–Kier alpha value is 0.0500. The fourth-order valence-electron chi connectivity index (χ4n) is 0.924. The van der Waals surface area contributed by atoms with Crippen LogP contribution in [0.4, 0.5) is 0 Å². The van der Waals surface area contributed by atoms with Crippen molar-refractivity contribution in [3.63, 3.8) is 0 Å². The molecule has 0 atom stereocenters. The van der Waals surface area contributed by atoms with Crippen LogP contribution < -0.4 is 0 Å². The summed E-state index contributed by atoms with van der Waals surface area (Å²) in [6, 6.07) is 0. The molecule has 0 radical (unpaired) electrons. The lowest BCUT2D eigenvalue weighted by Gasteiger charge is -2.04. The summed E-state index contributed by atoms with van der Waals surface area (Å²) in [6.07, 6.45) is 4.78. The van der Waals surface area contributed by atoms with Crippen molar-refractivity contribution in [1.82, 2.24) is 0 Å². The van der Waals surface area contributed by atoms with E-state index < -0.39 is 4.84 Å². The second kappa shape index (κ2) is 8.64. The van der Waals surface area contributed by atoms with Crippen LogP contribution in [-0.4, -0.2) is 17.4 Å². The van der Waals surface area contributed by atoms with Gasteiger partial charge in [0.25, 0.3) is 0 Å². The maximum atomic E-state index is 11.0. The quantitative estimate of drug-likeness (QED) is 0.379. The zero-order valence-corrected chi connectivity index (χ0v) is 9.40. The Labute approximate surface area is 89.5 Å². The molecular weight excluding hydrogens is 211 g/mol. The van der Waals surface area contributed by atoms with Crippen molar-refractivity contribution in [2.24, 2.45) is 0 Å². The van der Waals surface area contributed by atoms with Crippen molar-refractivity contribution >= 4 is 29.2 Å². The van der Waals surface area contributed by atoms with Gasteiger partial charge in [-0.05, 0) is 6.42 Å². The van der Waals surface area contributed by atoms with Crippen LogP contribution >= 0.6 is 23.2 Å². The topological polar surface area (TPSA) is 26.3 Å². The minimum absolute atomic E-state index is 0.0930. The lowest BCUT2D eigenvalue weighted by atomic mass is 10.2. The molecule has 0 fully saturated rings. The highest BCUT2D eigenvalue weighted by molar-refractivity contribution is 6.44. The molecular formula is C9H16Cl2O2. The number of hydrogen-bond donors (Lipinski definition) is 0. The van der Waals surface area contributed by atoms with Crippen LogP contribution in [0.5, 0.6) is 0 Å². The van der Waals surface area contributed by atoms with Crippen LogP contribution in [-0.2, 0) is 9.53 Å². The predicted octanol–water partition coefficient (Wildman–Crippen LogP) is 3.30. The Bertz CT molecular complexity index is 138. The number of carbonyl (C=O) groups excluding carboxylic acids is 1. The summed E-state index contributed by atoms with van der Waals surface area (Å²) in [4.78, 5) is 10.4. The van der Waals surface area contributed by atoms with Crippen LogP contribution in [0.2, 0.25) is 0 Å². The molecule has 0 amide bonds. The lowest BCUT2D eigenvalue weighted by molar-refractivity contribution is -0.143. The normalized spacial score (nSPS) is 10.5. The molecule has 0 aliphatic rings. The lowest BCUT2D eigenvalue weighted by Crippen LogP contribution is -2.09. The smallest absolute Gasteiger partial charge is 0.305 e. The van der Waals surface area contributed by atoms with Crippen molar-refractivity contribution in [3.05, 3.63) is 0 Å². The zero-order chi connectivity index (χ0) is 10.1. The van der Waals surface area contributed by atoms with E-state index in [0.29, 0.717) is 6.42 Å². The van der Waals surface area contributed by atoms with Crippen molar-refractivity contribution in [3.8, 4) is 0 Å². The predicted molar refractivity (Wildman–Crippen MR) is 55.2 cm³/mol. The first kappa shape index (κ1) is 13.1. The highest BCUT2D eigenvalue weighted by Crippen LogP contribution is 2.06. The van der Waals surface area contributed by atoms with Gasteiger partial charge < -0.3 is 4.74 Å². The number of rotatable bonds is 7. The van der Waals surface area contributed by atoms with E-state index in [1.54, 1.807) is 0 Å². The molecule has 0 aromatic carbocycles. The third-order valence-electron chi connectivity index (χ3n) is 1.60. The number of halogens is 2. The standard InChI is InChI=1S/C9H16Cl2O2/c1-2-3-4-5-6-9(12)13-7-8(10)11/h8H,2-7H2,1H3. The maximum Gasteiger partial charge on any atom is 0.305 e. The van der Waals surface area contributed by atoms with Gasteiger partial charge in [0.1, 0.15) is 11.4 Å². The van der Waals surface area contributed by atoms with E-state index in [1.807, 2.05) is 0 Å². The van der Waals surface area contributed by atoms with Crippen LogP contribution in [0, 0.1) is 0 Å². The number of esters is 1. The molecule has 0 aromatic rings. The molecule has 0 aromatic heterocycles. The van der Waals surface area contributed by atoms with Crippen molar-refractivity contribution < 1.29 is 9.53 Å². The monoisotopic (exact) mass is 226 g/mol. The number of ether oxygens (including phenoxy) is 1. The van der Waals surface area contributed by atoms with Gasteiger partial charge in [-0.2, -0.15) is 0 Å². The van der Waals surface area contributed by atoms with Gasteiger partial charge in [-0.15, -0.1) is 23.2 Å². The summed E-state index contributed by atoms with van der Waals surface area (Å²) >= 11 is 10.8. The first-order valence-electron chi connectivity index (χ1n) is 4.60. The Kier molecular flexibility index (Phi) is 8.67. The summed E-state index contributed by atoms with van der Waals surface area (Å²) in [5.41, 5.74) is 0. The maximum absolute atomic E-state index is 11.0. The Balaban J connectivity index is 3.20. The Morgan fingerprint density at radius 1 is 1.31 bits per heavy atom. The largest absolute Gasteiger partial charge is 0.463 e. The molecule has 0 saturated carbocycles. The zero-order valence-electron chi connectivity index (χ0n) is 7.89. The van der Waals surface area contributed by atoms with E-state index >= 15 is 0 Å². The Morgan fingerprint density at radius 3 is 2.54 bits per heavy atom. The second-order valence-corrected chi connectivity index (χ2v) is 4.16. The molecule has 0 rings (SSSR count). The molecule has 0 saturated heterocycles. The van der Waals surface area contributed by atoms with E-state index in [-0.39, 0.29) is 12.6 Å². The molecule has 0 aliphatic heterocycles. The number of hydrogen-bond acceptors (Lipinski definition) is 2. The first-order chi connectivity index (χ1) is 6.16. The highest BCUT2D eigenvalue weighted by Gasteiger charge is 2.05. The minimum atomic E-state index is -0.611. The molecule has 0 bridgehead atoms. The molecule has 0 unspecified atom stereocenters. The summed E-state index contributed by atoms with van der Waals surface area (Å²) in [6.45, 7) is 2.22. The summed E-state index contributed by atoms with van der Waals surface area (Å²) < 4.78 is 4.78. The minimum Gasteiger partial charge on any atom is -0.463 e. The Morgan fingerprint density at radius 2 is 2.00 bits per heavy atom. The van der Waals surface area contributed by atoms with Gasteiger partial charge in [-0.3, -0.25) is 4.79 Å². The molecule has 0 aliphatic carbocycles. The fraction of sp³-hybridized carbons (Fsp3) is 0.889. The van der Waals surface area contributed by atoms with Crippen LogP contribution in [0.3, 0.4) is 0 Å². The summed E-state index contributed by atoms with van der Waals surface area (Å²) in [7, 11) is 0. The number of carbonyl (C=O) groups is 1. The first-order valence-corrected chi connectivity index (χ1v) is 5.48. The van der Waals surface area contributed by atoms with E-state index in [4.69, 9.17) is 27.9 Å². The third kappa shape index (κ3) is 9.97. The van der Waals surface area contributed by atoms with Crippen LogP contribution in [0.15, 0.2) is 0 Å². The van der Waals surface area contributed by atoms with E-state index in [9.17, 15) is 4.79 Å². The van der Waals surface area contributed by atoms with E-state index in [2.05, 4.69) is 6.92 Å². The van der Waals surface area contributed by atoms with Gasteiger partial charge in [0.2, 0.25) is 0 Å². The average Bonchev–Trinajstić information content (AvgIpc) is 2.09. The number of unbranched alkanes of at least 4 members (excludes halogenated alkanes) is 3. The van der Waals surface area contributed by atoms with Crippen LogP contribution in [0.25, 0.3) is 0 Å². The summed E-state index contributed by atoms with van der Waals surface area (Å²) in [5.74, 6) is -0.206. The van der Waals surface area contributed by atoms with Crippen molar-refractivity contribution in [2.45, 2.75) is 43.9 Å². The van der Waals surface area contributed by atoms with Gasteiger partial charge >= 0.3 is 5.97 Å². The molecule has 0 heterocycles. The van der Waals surface area contributed by atoms with Gasteiger partial charge in [-0.25, -0.2) is 0 Å². The van der Waals surface area contributed by atoms with Crippen molar-refractivity contribution in [2.75, 3.05) is 6.61 Å². The molecule has 4 heteroatoms. The molecule has 78 valence electrons. The highest BCUT2D eigenvalue weighted by atomic mass is 35.5. The summed E-state index contributed by atoms with van der Waals surface area (Å²) in [5, 5.41) is 0. The van der Waals surface area contributed by atoms with Gasteiger partial charge in [0.15, 0.2) is 0 Å². The SMILES string of the molecule is CCCCCCC(=O)OCC(Cl)Cl. The molecule has 0 N–H and O–H groups in total. The van der Waals surface area contributed by atoms with Crippen molar-refractivity contribution in [1.29, 1.82) is 0 Å². The molecule has 0 spiro atoms. The van der Waals surface area contributed by atoms with E-state index in [0.717, 1.165) is 12.8 Å². The third-order valence-corrected chi connectivity index (χ3v) is 1.86. The van der Waals surface area contributed by atoms with Gasteiger partial charge in [0.05, 0.1) is 0 Å². The van der Waals surface area contributed by atoms with E-state index in [1.165, 1.54) is 12.8 Å². The molecule has 13 heavy (non-hydrogen) atoms.